The van der Waals surface area contributed by atoms with Gasteiger partial charge in [-0.15, -0.1) is 23.1 Å². The molecule has 1 amide bonds. The number of nitrogens with one attached hydrogen (secondary N) is 1. The summed E-state index contributed by atoms with van der Waals surface area (Å²) in [6.45, 7) is 0. The summed E-state index contributed by atoms with van der Waals surface area (Å²) in [7, 11) is 0. The number of rotatable bonds is 5. The number of hydrogen-bond acceptors (Lipinski definition) is 4. The van der Waals surface area contributed by atoms with Gasteiger partial charge in [-0.2, -0.15) is 13.2 Å². The first-order valence-corrected chi connectivity index (χ1v) is 9.38. The van der Waals surface area contributed by atoms with Gasteiger partial charge < -0.3 is 5.32 Å². The normalized spacial score (nSPS) is 11.3. The monoisotopic (exact) mass is 394 g/mol. The van der Waals surface area contributed by atoms with Gasteiger partial charge >= 0.3 is 6.18 Å². The van der Waals surface area contributed by atoms with Gasteiger partial charge in [-0.1, -0.05) is 0 Å². The number of nitrogens with zero attached hydrogens (tertiary/aromatic N) is 1. The maximum absolute atomic E-state index is 12.6. The lowest BCUT2D eigenvalue weighted by atomic mass is 10.2. The van der Waals surface area contributed by atoms with Crippen molar-refractivity contribution in [1.82, 2.24) is 4.98 Å². The Morgan fingerprint density at radius 3 is 2.42 bits per heavy atom. The van der Waals surface area contributed by atoms with Gasteiger partial charge in [0, 0.05) is 28.7 Å². The Labute approximate surface area is 156 Å². The van der Waals surface area contributed by atoms with Gasteiger partial charge in [0.25, 0.3) is 5.91 Å². The van der Waals surface area contributed by atoms with Crippen LogP contribution in [0.15, 0.2) is 65.1 Å². The van der Waals surface area contributed by atoms with Crippen molar-refractivity contribution in [1.29, 1.82) is 0 Å². The Morgan fingerprint density at radius 1 is 1.08 bits per heavy atom. The van der Waals surface area contributed by atoms with Crippen LogP contribution in [0.25, 0.3) is 0 Å². The minimum Gasteiger partial charge on any atom is -0.321 e. The molecule has 1 N–H and O–H groups in total. The van der Waals surface area contributed by atoms with Crippen LogP contribution in [-0.2, 0) is 11.9 Å². The Bertz CT molecular complexity index is 877. The molecule has 2 heterocycles. The van der Waals surface area contributed by atoms with E-state index in [2.05, 4.69) is 10.3 Å². The van der Waals surface area contributed by atoms with Crippen molar-refractivity contribution in [2.24, 2.45) is 0 Å². The third-order valence-corrected chi connectivity index (χ3v) is 5.62. The van der Waals surface area contributed by atoms with Crippen molar-refractivity contribution >= 4 is 34.7 Å². The van der Waals surface area contributed by atoms with Crippen LogP contribution >= 0.6 is 23.1 Å². The molecule has 3 nitrogen and oxygen atoms in total. The SMILES string of the molecule is O=C(Nc1ccc(C(F)(F)F)cc1)c1sccc1SCc1ccncc1. The first kappa shape index (κ1) is 18.5. The average molecular weight is 394 g/mol. The van der Waals surface area contributed by atoms with Crippen molar-refractivity contribution in [3.8, 4) is 0 Å². The van der Waals surface area contributed by atoms with E-state index in [9.17, 15) is 18.0 Å². The highest BCUT2D eigenvalue weighted by Crippen LogP contribution is 2.32. The number of thioether (sulfide) groups is 1. The third kappa shape index (κ3) is 4.64. The second kappa shape index (κ2) is 7.92. The number of halogens is 3. The van der Waals surface area contributed by atoms with Crippen molar-refractivity contribution < 1.29 is 18.0 Å². The Balaban J connectivity index is 1.66. The molecule has 0 bridgehead atoms. The summed E-state index contributed by atoms with van der Waals surface area (Å²) in [5.41, 5.74) is 0.659. The zero-order valence-corrected chi connectivity index (χ0v) is 14.9. The van der Waals surface area contributed by atoms with Crippen LogP contribution in [0.1, 0.15) is 20.8 Å². The van der Waals surface area contributed by atoms with Crippen LogP contribution in [0.2, 0.25) is 0 Å². The molecule has 1 aromatic carbocycles. The lowest BCUT2D eigenvalue weighted by Crippen LogP contribution is -2.11. The summed E-state index contributed by atoms with van der Waals surface area (Å²) >= 11 is 2.82. The summed E-state index contributed by atoms with van der Waals surface area (Å²) in [6, 6.07) is 10.1. The molecule has 0 unspecified atom stereocenters. The van der Waals surface area contributed by atoms with Gasteiger partial charge in [-0.25, -0.2) is 0 Å². The first-order valence-electron chi connectivity index (χ1n) is 7.51. The quantitative estimate of drug-likeness (QED) is 0.564. The van der Waals surface area contributed by atoms with Crippen molar-refractivity contribution in [2.75, 3.05) is 5.32 Å². The number of thiophene rings is 1. The second-order valence-corrected chi connectivity index (χ2v) is 7.22. The number of hydrogen-bond donors (Lipinski definition) is 1. The van der Waals surface area contributed by atoms with Crippen LogP contribution in [0, 0.1) is 0 Å². The summed E-state index contributed by atoms with van der Waals surface area (Å²) in [5, 5.41) is 4.46. The third-order valence-electron chi connectivity index (χ3n) is 3.45. The minimum absolute atomic E-state index is 0.321. The summed E-state index contributed by atoms with van der Waals surface area (Å²) in [4.78, 5) is 17.8. The van der Waals surface area contributed by atoms with Crippen molar-refractivity contribution in [3.05, 3.63) is 76.2 Å². The van der Waals surface area contributed by atoms with E-state index < -0.39 is 11.7 Å². The predicted octanol–water partition coefficient (Wildman–Crippen LogP) is 5.71. The predicted molar refractivity (Wildman–Crippen MR) is 97.5 cm³/mol. The molecule has 3 rings (SSSR count). The molecule has 0 spiro atoms. The summed E-state index contributed by atoms with van der Waals surface area (Å²) in [5.74, 6) is 0.358. The number of anilines is 1. The van der Waals surface area contributed by atoms with E-state index in [-0.39, 0.29) is 5.91 Å². The molecule has 134 valence electrons. The number of benzene rings is 1. The molecule has 2 aromatic heterocycles. The number of alkyl halides is 3. The fourth-order valence-corrected chi connectivity index (χ4v) is 4.14. The molecule has 0 atom stereocenters. The standard InChI is InChI=1S/C18H13F3N2OS2/c19-18(20,21)13-1-3-14(4-2-13)23-17(24)16-15(7-10-25-16)26-11-12-5-8-22-9-6-12/h1-10H,11H2,(H,23,24). The summed E-state index contributed by atoms with van der Waals surface area (Å²) in [6.07, 6.45) is -0.976. The van der Waals surface area contributed by atoms with Gasteiger partial charge in [0.1, 0.15) is 4.88 Å². The van der Waals surface area contributed by atoms with Crippen LogP contribution in [0.5, 0.6) is 0 Å². The molecule has 0 aliphatic heterocycles. The topological polar surface area (TPSA) is 42.0 Å². The molecule has 0 saturated carbocycles. The maximum atomic E-state index is 12.6. The lowest BCUT2D eigenvalue weighted by Gasteiger charge is -2.09. The Morgan fingerprint density at radius 2 is 1.77 bits per heavy atom. The zero-order valence-electron chi connectivity index (χ0n) is 13.3. The van der Waals surface area contributed by atoms with Crippen molar-refractivity contribution in [2.45, 2.75) is 16.8 Å². The Kier molecular flexibility index (Phi) is 5.63. The minimum atomic E-state index is -4.40. The van der Waals surface area contributed by atoms with Gasteiger partial charge in [0.05, 0.1) is 5.56 Å². The molecular formula is C18H13F3N2OS2. The van der Waals surface area contributed by atoms with Gasteiger partial charge in [0.2, 0.25) is 0 Å². The van der Waals surface area contributed by atoms with E-state index in [1.54, 1.807) is 12.4 Å². The van der Waals surface area contributed by atoms with Crippen LogP contribution in [0.4, 0.5) is 18.9 Å². The van der Waals surface area contributed by atoms with E-state index in [4.69, 9.17) is 0 Å². The molecule has 0 fully saturated rings. The lowest BCUT2D eigenvalue weighted by molar-refractivity contribution is -0.137. The molecule has 26 heavy (non-hydrogen) atoms. The van der Waals surface area contributed by atoms with E-state index in [1.165, 1.54) is 35.2 Å². The molecule has 8 heteroatoms. The Hall–Kier alpha value is -2.32. The molecular weight excluding hydrogens is 381 g/mol. The number of amides is 1. The number of carbonyl (C=O) groups excluding carboxylic acids is 1. The largest absolute Gasteiger partial charge is 0.416 e. The van der Waals surface area contributed by atoms with E-state index in [1.807, 2.05) is 23.6 Å². The van der Waals surface area contributed by atoms with Crippen LogP contribution in [0.3, 0.4) is 0 Å². The van der Waals surface area contributed by atoms with Gasteiger partial charge in [-0.05, 0) is 53.4 Å². The molecule has 0 aliphatic carbocycles. The molecule has 3 aromatic rings. The van der Waals surface area contributed by atoms with Crippen LogP contribution in [-0.4, -0.2) is 10.9 Å². The second-order valence-electron chi connectivity index (χ2n) is 5.29. The highest BCUT2D eigenvalue weighted by molar-refractivity contribution is 7.98. The molecule has 0 radical (unpaired) electrons. The van der Waals surface area contributed by atoms with E-state index in [0.29, 0.717) is 16.3 Å². The van der Waals surface area contributed by atoms with E-state index in [0.717, 1.165) is 22.6 Å². The zero-order chi connectivity index (χ0) is 18.6. The highest BCUT2D eigenvalue weighted by Gasteiger charge is 2.30. The maximum Gasteiger partial charge on any atom is 0.416 e. The molecule has 0 aliphatic rings. The van der Waals surface area contributed by atoms with E-state index >= 15 is 0 Å². The van der Waals surface area contributed by atoms with Crippen LogP contribution < -0.4 is 5.32 Å². The van der Waals surface area contributed by atoms with Gasteiger partial charge in [-0.3, -0.25) is 9.78 Å². The highest BCUT2D eigenvalue weighted by atomic mass is 32.2. The number of aromatic nitrogens is 1. The first-order chi connectivity index (χ1) is 12.4. The summed E-state index contributed by atoms with van der Waals surface area (Å²) < 4.78 is 37.8. The average Bonchev–Trinajstić information content (AvgIpc) is 3.09. The fourth-order valence-electron chi connectivity index (χ4n) is 2.15. The molecule has 0 saturated heterocycles. The fraction of sp³-hybridized carbons (Fsp3) is 0.111. The number of carbonyl (C=O) groups is 1. The van der Waals surface area contributed by atoms with Crippen molar-refractivity contribution in [3.63, 3.8) is 0 Å². The number of pyridine rings is 1. The smallest absolute Gasteiger partial charge is 0.321 e. The van der Waals surface area contributed by atoms with Gasteiger partial charge in [0.15, 0.2) is 0 Å².